The molecule has 0 saturated heterocycles. The van der Waals surface area contributed by atoms with Crippen LogP contribution in [0.15, 0.2) is 36.5 Å². The molecule has 1 N–H and O–H groups in total. The van der Waals surface area contributed by atoms with Crippen LogP contribution in [-0.4, -0.2) is 80.6 Å². The molecule has 8 nitrogen and oxygen atoms in total. The van der Waals surface area contributed by atoms with Gasteiger partial charge in [0.2, 0.25) is 0 Å². The Kier molecular flexibility index (Phi) is 27.4. The van der Waals surface area contributed by atoms with E-state index in [4.69, 9.17) is 14.2 Å². The Bertz CT molecular complexity index is 844. The molecule has 0 aromatic carbocycles. The molecule has 0 bridgehead atoms. The molecule has 260 valence electrons. The van der Waals surface area contributed by atoms with Crippen LogP contribution in [0.3, 0.4) is 0 Å². The summed E-state index contributed by atoms with van der Waals surface area (Å²) in [6, 6.07) is -0.617. The molecule has 2 atom stereocenters. The van der Waals surface area contributed by atoms with Crippen LogP contribution in [0.1, 0.15) is 129 Å². The predicted octanol–water partition coefficient (Wildman–Crippen LogP) is 8.35. The summed E-state index contributed by atoms with van der Waals surface area (Å²) in [7, 11) is 5.49. The molecule has 8 heteroatoms. The molecule has 0 saturated carbocycles. The van der Waals surface area contributed by atoms with Gasteiger partial charge in [0.25, 0.3) is 0 Å². The Morgan fingerprint density at radius 1 is 0.667 bits per heavy atom. The summed E-state index contributed by atoms with van der Waals surface area (Å²) in [6.07, 6.45) is 29.1. The van der Waals surface area contributed by atoms with Gasteiger partial charge in [-0.05, 0) is 51.4 Å². The highest BCUT2D eigenvalue weighted by Gasteiger charge is 2.31. The molecule has 0 aromatic rings. The van der Waals surface area contributed by atoms with Gasteiger partial charge >= 0.3 is 17.9 Å². The normalized spacial score (nSPS) is 13.5. The second-order valence-corrected chi connectivity index (χ2v) is 12.8. The molecule has 0 amide bonds. The summed E-state index contributed by atoms with van der Waals surface area (Å²) in [6.45, 7) is 4.56. The van der Waals surface area contributed by atoms with Gasteiger partial charge in [0.05, 0.1) is 34.4 Å². The Labute approximate surface area is 274 Å². The number of unbranched alkanes of at least 4 members (excludes halogenated alkanes) is 11. The number of hydrogen-bond acceptors (Lipinski definition) is 6. The van der Waals surface area contributed by atoms with Crippen molar-refractivity contribution < 1.29 is 38.2 Å². The molecule has 0 radical (unpaired) electrons. The highest BCUT2D eigenvalue weighted by atomic mass is 16.6. The number of carboxylic acid groups (broad SMARTS) is 1. The molecule has 0 rings (SSSR count). The summed E-state index contributed by atoms with van der Waals surface area (Å²) < 4.78 is 17.1. The lowest BCUT2D eigenvalue weighted by molar-refractivity contribution is -0.887. The quantitative estimate of drug-likeness (QED) is 0.0278. The first-order valence-electron chi connectivity index (χ1n) is 17.5. The maximum Gasteiger partial charge on any atom is 0.362 e. The van der Waals surface area contributed by atoms with E-state index < -0.39 is 18.1 Å². The van der Waals surface area contributed by atoms with Gasteiger partial charge in [-0.2, -0.15) is 0 Å². The number of aliphatic carboxylic acids is 1. The average Bonchev–Trinajstić information content (AvgIpc) is 2.98. The van der Waals surface area contributed by atoms with Gasteiger partial charge < -0.3 is 23.8 Å². The van der Waals surface area contributed by atoms with Crippen LogP contribution < -0.4 is 0 Å². The fraction of sp³-hybridized carbons (Fsp3) is 0.757. The van der Waals surface area contributed by atoms with E-state index in [1.807, 2.05) is 21.1 Å². The lowest BCUT2D eigenvalue weighted by Gasteiger charge is -2.31. The van der Waals surface area contributed by atoms with E-state index >= 15 is 0 Å². The van der Waals surface area contributed by atoms with E-state index in [2.05, 4.69) is 50.3 Å². The zero-order valence-electron chi connectivity index (χ0n) is 29.3. The lowest BCUT2D eigenvalue weighted by Crippen LogP contribution is -2.50. The van der Waals surface area contributed by atoms with Crippen LogP contribution in [0.4, 0.5) is 0 Å². The number of allylic oxidation sites excluding steroid dienone is 6. The van der Waals surface area contributed by atoms with Crippen molar-refractivity contribution in [2.75, 3.05) is 41.0 Å². The monoisotopic (exact) mass is 636 g/mol. The number of carbonyl (C=O) groups is 3. The third-order valence-corrected chi connectivity index (χ3v) is 7.54. The third-order valence-electron chi connectivity index (χ3n) is 7.54. The zero-order chi connectivity index (χ0) is 33.6. The highest BCUT2D eigenvalue weighted by molar-refractivity contribution is 5.72. The van der Waals surface area contributed by atoms with Gasteiger partial charge in [0.1, 0.15) is 6.61 Å². The number of carbonyl (C=O) groups excluding carboxylic acids is 2. The van der Waals surface area contributed by atoms with E-state index in [-0.39, 0.29) is 36.2 Å². The van der Waals surface area contributed by atoms with Crippen molar-refractivity contribution in [3.63, 3.8) is 0 Å². The zero-order valence-corrected chi connectivity index (χ0v) is 29.3. The summed E-state index contributed by atoms with van der Waals surface area (Å²) in [4.78, 5) is 36.6. The Morgan fingerprint density at radius 2 is 1.18 bits per heavy atom. The van der Waals surface area contributed by atoms with Crippen LogP contribution in [-0.2, 0) is 28.6 Å². The number of quaternary nitrogens is 1. The van der Waals surface area contributed by atoms with Crippen LogP contribution >= 0.6 is 0 Å². The second kappa shape index (κ2) is 29.0. The van der Waals surface area contributed by atoms with Gasteiger partial charge in [-0.15, -0.1) is 0 Å². The summed E-state index contributed by atoms with van der Waals surface area (Å²) in [5.41, 5.74) is 0. The molecule has 2 unspecified atom stereocenters. The molecule has 0 heterocycles. The standard InChI is InChI=1S/C37H65NO7/c1-6-8-10-12-14-16-18-20-21-23-25-27-35(39)44-32-33(31-43-30-29-34(37(41)42)38(3,4)5)45-36(40)28-26-24-22-19-17-15-13-11-9-7-2/h12-16,18,33-34H,6-11,17,19-32H2,1-5H3/p+1/b14-12+,15-13+,18-16+. The highest BCUT2D eigenvalue weighted by Crippen LogP contribution is 2.12. The number of rotatable bonds is 30. The van der Waals surface area contributed by atoms with Crippen molar-refractivity contribution in [2.24, 2.45) is 0 Å². The summed E-state index contributed by atoms with van der Waals surface area (Å²) in [5, 5.41) is 9.55. The summed E-state index contributed by atoms with van der Waals surface area (Å²) in [5.74, 6) is -1.53. The van der Waals surface area contributed by atoms with Crippen LogP contribution in [0, 0.1) is 0 Å². The minimum atomic E-state index is -0.884. The average molecular weight is 637 g/mol. The Balaban J connectivity index is 4.54. The van der Waals surface area contributed by atoms with Crippen LogP contribution in [0.25, 0.3) is 0 Å². The van der Waals surface area contributed by atoms with E-state index in [0.29, 0.717) is 19.3 Å². The molecular formula is C37H66NO7+. The second-order valence-electron chi connectivity index (χ2n) is 12.8. The minimum Gasteiger partial charge on any atom is -0.477 e. The van der Waals surface area contributed by atoms with E-state index in [1.165, 1.54) is 25.7 Å². The Hall–Kier alpha value is -2.45. The Morgan fingerprint density at radius 3 is 1.76 bits per heavy atom. The summed E-state index contributed by atoms with van der Waals surface area (Å²) >= 11 is 0. The van der Waals surface area contributed by atoms with E-state index in [0.717, 1.165) is 70.6 Å². The third kappa shape index (κ3) is 27.6. The molecule has 45 heavy (non-hydrogen) atoms. The van der Waals surface area contributed by atoms with Gasteiger partial charge in [-0.3, -0.25) is 9.59 Å². The largest absolute Gasteiger partial charge is 0.477 e. The first-order valence-corrected chi connectivity index (χ1v) is 17.5. The van der Waals surface area contributed by atoms with Gasteiger partial charge in [-0.1, -0.05) is 95.2 Å². The fourth-order valence-electron chi connectivity index (χ4n) is 4.69. The molecule has 0 aliphatic carbocycles. The molecule has 0 fully saturated rings. The predicted molar refractivity (Wildman–Crippen MR) is 183 cm³/mol. The van der Waals surface area contributed by atoms with Crippen molar-refractivity contribution in [1.82, 2.24) is 0 Å². The SMILES string of the molecule is CCCC/C=C/C=C/CCCCCC(=O)OCC(COCCC(C(=O)O)[N+](C)(C)C)OC(=O)CCCCCC/C=C/CCCC. The van der Waals surface area contributed by atoms with Gasteiger partial charge in [0, 0.05) is 19.3 Å². The van der Waals surface area contributed by atoms with E-state index in [9.17, 15) is 19.5 Å². The molecule has 0 spiro atoms. The maximum absolute atomic E-state index is 12.6. The first kappa shape index (κ1) is 42.6. The van der Waals surface area contributed by atoms with Crippen molar-refractivity contribution in [2.45, 2.75) is 142 Å². The van der Waals surface area contributed by atoms with Crippen molar-refractivity contribution in [1.29, 1.82) is 0 Å². The fourth-order valence-corrected chi connectivity index (χ4v) is 4.69. The first-order chi connectivity index (χ1) is 21.6. The minimum absolute atomic E-state index is 0.0477. The molecule has 0 aromatic heterocycles. The number of carboxylic acids is 1. The number of likely N-dealkylation sites (N-methyl/N-ethyl adjacent to an activating group) is 1. The number of hydrogen-bond donors (Lipinski definition) is 1. The van der Waals surface area contributed by atoms with Crippen LogP contribution in [0.5, 0.6) is 0 Å². The van der Waals surface area contributed by atoms with Gasteiger partial charge in [-0.25, -0.2) is 4.79 Å². The molecular weight excluding hydrogens is 570 g/mol. The topological polar surface area (TPSA) is 99.1 Å². The number of nitrogens with zero attached hydrogens (tertiary/aromatic N) is 1. The lowest BCUT2D eigenvalue weighted by atomic mass is 10.1. The van der Waals surface area contributed by atoms with Gasteiger partial charge in [0.15, 0.2) is 12.1 Å². The molecule has 0 aliphatic rings. The number of ether oxygens (including phenoxy) is 3. The smallest absolute Gasteiger partial charge is 0.362 e. The van der Waals surface area contributed by atoms with Crippen molar-refractivity contribution >= 4 is 17.9 Å². The maximum atomic E-state index is 12.6. The van der Waals surface area contributed by atoms with Crippen molar-refractivity contribution in [3.8, 4) is 0 Å². The van der Waals surface area contributed by atoms with E-state index in [1.54, 1.807) is 0 Å². The number of esters is 2. The van der Waals surface area contributed by atoms with Crippen molar-refractivity contribution in [3.05, 3.63) is 36.5 Å². The molecule has 0 aliphatic heterocycles. The van der Waals surface area contributed by atoms with Crippen LogP contribution in [0.2, 0.25) is 0 Å².